The van der Waals surface area contributed by atoms with Crippen LogP contribution < -0.4 is 11.1 Å². The molecule has 8 heteroatoms. The summed E-state index contributed by atoms with van der Waals surface area (Å²) in [7, 11) is 0. The predicted octanol–water partition coefficient (Wildman–Crippen LogP) is 1.86. The van der Waals surface area contributed by atoms with Crippen molar-refractivity contribution < 1.29 is 18.0 Å². The van der Waals surface area contributed by atoms with E-state index in [2.05, 4.69) is 5.32 Å². The normalized spacial score (nSPS) is 16.6. The Morgan fingerprint density at radius 1 is 1.14 bits per heavy atom. The molecule has 0 saturated carbocycles. The van der Waals surface area contributed by atoms with Gasteiger partial charge in [0.2, 0.25) is 0 Å². The zero-order valence-corrected chi connectivity index (χ0v) is 12.1. The second-order valence-corrected chi connectivity index (χ2v) is 5.21. The maximum atomic E-state index is 12.3. The Hall–Kier alpha value is -1.80. The first-order valence-electron chi connectivity index (χ1n) is 7.01. The van der Waals surface area contributed by atoms with E-state index < -0.39 is 12.7 Å². The molecule has 1 aromatic rings. The average molecular weight is 316 g/mol. The fourth-order valence-electron chi connectivity index (χ4n) is 2.29. The molecule has 0 aromatic heterocycles. The van der Waals surface area contributed by atoms with E-state index in [4.69, 9.17) is 5.73 Å². The molecule has 1 heterocycles. The van der Waals surface area contributed by atoms with Crippen molar-refractivity contribution in [3.05, 3.63) is 29.8 Å². The van der Waals surface area contributed by atoms with Crippen molar-refractivity contribution in [1.82, 2.24) is 9.80 Å². The van der Waals surface area contributed by atoms with Crippen molar-refractivity contribution in [2.45, 2.75) is 12.7 Å². The molecule has 0 radical (unpaired) electrons. The maximum Gasteiger partial charge on any atom is 0.401 e. The summed E-state index contributed by atoms with van der Waals surface area (Å²) in [6, 6.07) is 6.83. The van der Waals surface area contributed by atoms with Crippen LogP contribution in [0.2, 0.25) is 0 Å². The number of nitrogens with one attached hydrogen (secondary N) is 1. The van der Waals surface area contributed by atoms with Gasteiger partial charge in [-0.25, -0.2) is 4.79 Å². The van der Waals surface area contributed by atoms with Crippen molar-refractivity contribution in [1.29, 1.82) is 0 Å². The number of benzene rings is 1. The Kier molecular flexibility index (Phi) is 5.25. The van der Waals surface area contributed by atoms with Gasteiger partial charge in [0.25, 0.3) is 0 Å². The lowest BCUT2D eigenvalue weighted by molar-refractivity contribution is -0.148. The second kappa shape index (κ2) is 6.97. The number of hydrogen-bond donors (Lipinski definition) is 2. The number of rotatable bonds is 3. The van der Waals surface area contributed by atoms with Gasteiger partial charge in [0, 0.05) is 38.4 Å². The Labute approximate surface area is 126 Å². The topological polar surface area (TPSA) is 61.6 Å². The molecule has 0 aliphatic carbocycles. The molecule has 3 N–H and O–H groups in total. The fraction of sp³-hybridized carbons (Fsp3) is 0.500. The predicted molar refractivity (Wildman–Crippen MR) is 77.4 cm³/mol. The third-order valence-corrected chi connectivity index (χ3v) is 3.50. The van der Waals surface area contributed by atoms with Gasteiger partial charge >= 0.3 is 12.2 Å². The molecular weight excluding hydrogens is 297 g/mol. The summed E-state index contributed by atoms with van der Waals surface area (Å²) in [5.41, 5.74) is 7.09. The van der Waals surface area contributed by atoms with E-state index in [1.54, 1.807) is 12.1 Å². The van der Waals surface area contributed by atoms with Crippen LogP contribution in [0.15, 0.2) is 24.3 Å². The number of anilines is 1. The molecule has 1 aromatic carbocycles. The van der Waals surface area contributed by atoms with Crippen LogP contribution in [-0.2, 0) is 6.54 Å². The van der Waals surface area contributed by atoms with Crippen LogP contribution in [0.1, 0.15) is 5.56 Å². The van der Waals surface area contributed by atoms with Gasteiger partial charge in [-0.2, -0.15) is 13.2 Å². The lowest BCUT2D eigenvalue weighted by Crippen LogP contribution is -2.51. The summed E-state index contributed by atoms with van der Waals surface area (Å²) in [4.78, 5) is 14.9. The maximum absolute atomic E-state index is 12.3. The number of nitrogens with two attached hydrogens (primary N) is 1. The number of carbonyl (C=O) groups is 1. The summed E-state index contributed by atoms with van der Waals surface area (Å²) in [5.74, 6) is 0. The quantitative estimate of drug-likeness (QED) is 0.895. The number of hydrogen-bond acceptors (Lipinski definition) is 3. The average Bonchev–Trinajstić information content (AvgIpc) is 2.47. The molecule has 5 nitrogen and oxygen atoms in total. The lowest BCUT2D eigenvalue weighted by Gasteiger charge is -2.34. The molecule has 1 fully saturated rings. The molecule has 0 unspecified atom stereocenters. The summed E-state index contributed by atoms with van der Waals surface area (Å²) in [6.45, 7) is 0.502. The second-order valence-electron chi connectivity index (χ2n) is 5.21. The lowest BCUT2D eigenvalue weighted by atomic mass is 10.2. The molecule has 1 aliphatic rings. The van der Waals surface area contributed by atoms with Gasteiger partial charge in [0.05, 0.1) is 6.54 Å². The van der Waals surface area contributed by atoms with Crippen molar-refractivity contribution in [3.63, 3.8) is 0 Å². The summed E-state index contributed by atoms with van der Waals surface area (Å²) >= 11 is 0. The number of carbonyl (C=O) groups excluding carboxylic acids is 1. The van der Waals surface area contributed by atoms with Crippen LogP contribution >= 0.6 is 0 Å². The van der Waals surface area contributed by atoms with Gasteiger partial charge in [-0.15, -0.1) is 0 Å². The third-order valence-electron chi connectivity index (χ3n) is 3.50. The van der Waals surface area contributed by atoms with Crippen molar-refractivity contribution in [2.75, 3.05) is 38.0 Å². The first-order chi connectivity index (χ1) is 10.4. The van der Waals surface area contributed by atoms with Gasteiger partial charge in [0.15, 0.2) is 0 Å². The highest BCUT2D eigenvalue weighted by Crippen LogP contribution is 2.18. The molecule has 122 valence electrons. The molecule has 0 spiro atoms. The Morgan fingerprint density at radius 3 is 2.23 bits per heavy atom. The Balaban J connectivity index is 1.81. The highest BCUT2D eigenvalue weighted by molar-refractivity contribution is 5.89. The molecule has 2 rings (SSSR count). The number of piperazine rings is 1. The molecule has 22 heavy (non-hydrogen) atoms. The zero-order valence-electron chi connectivity index (χ0n) is 12.1. The molecule has 2 amide bonds. The van der Waals surface area contributed by atoms with Crippen LogP contribution in [0.4, 0.5) is 23.7 Å². The molecule has 1 saturated heterocycles. The van der Waals surface area contributed by atoms with Crippen LogP contribution in [0.25, 0.3) is 0 Å². The van der Waals surface area contributed by atoms with Crippen molar-refractivity contribution in [3.8, 4) is 0 Å². The largest absolute Gasteiger partial charge is 0.401 e. The number of nitrogens with zero attached hydrogens (tertiary/aromatic N) is 2. The number of amides is 2. The van der Waals surface area contributed by atoms with Gasteiger partial charge in [-0.1, -0.05) is 12.1 Å². The van der Waals surface area contributed by atoms with Crippen LogP contribution in [0.3, 0.4) is 0 Å². The zero-order chi connectivity index (χ0) is 16.2. The minimum atomic E-state index is -4.20. The number of alkyl halides is 3. The SMILES string of the molecule is NCc1ccc(NC(=O)N2CCN(CC(F)(F)F)CC2)cc1. The summed E-state index contributed by atoms with van der Waals surface area (Å²) in [6.07, 6.45) is -4.20. The Morgan fingerprint density at radius 2 is 1.73 bits per heavy atom. The van der Waals surface area contributed by atoms with E-state index in [-0.39, 0.29) is 32.2 Å². The van der Waals surface area contributed by atoms with Gasteiger partial charge < -0.3 is 16.0 Å². The minimum Gasteiger partial charge on any atom is -0.326 e. The van der Waals surface area contributed by atoms with Crippen LogP contribution in [-0.4, -0.2) is 54.7 Å². The van der Waals surface area contributed by atoms with Crippen LogP contribution in [0, 0.1) is 0 Å². The highest BCUT2D eigenvalue weighted by Gasteiger charge is 2.32. The molecule has 1 aliphatic heterocycles. The van der Waals surface area contributed by atoms with E-state index in [0.717, 1.165) is 5.56 Å². The monoisotopic (exact) mass is 316 g/mol. The first-order valence-corrected chi connectivity index (χ1v) is 7.01. The highest BCUT2D eigenvalue weighted by atomic mass is 19.4. The van der Waals surface area contributed by atoms with E-state index in [9.17, 15) is 18.0 Å². The summed E-state index contributed by atoms with van der Waals surface area (Å²) < 4.78 is 36.9. The summed E-state index contributed by atoms with van der Waals surface area (Å²) in [5, 5.41) is 2.73. The standard InChI is InChI=1S/C14H19F3N4O/c15-14(16,17)10-20-5-7-21(8-6-20)13(22)19-12-3-1-11(9-18)2-4-12/h1-4H,5-10,18H2,(H,19,22). The Bertz CT molecular complexity index is 496. The minimum absolute atomic E-state index is 0.221. The molecule has 0 bridgehead atoms. The van der Waals surface area contributed by atoms with Gasteiger partial charge in [0.1, 0.15) is 0 Å². The van der Waals surface area contributed by atoms with E-state index in [1.165, 1.54) is 9.80 Å². The molecule has 0 atom stereocenters. The van der Waals surface area contributed by atoms with Crippen molar-refractivity contribution >= 4 is 11.7 Å². The van der Waals surface area contributed by atoms with Crippen molar-refractivity contribution in [2.24, 2.45) is 5.73 Å². The van der Waals surface area contributed by atoms with E-state index >= 15 is 0 Å². The number of urea groups is 1. The fourth-order valence-corrected chi connectivity index (χ4v) is 2.29. The van der Waals surface area contributed by atoms with Gasteiger partial charge in [-0.3, -0.25) is 4.90 Å². The first kappa shape index (κ1) is 16.6. The smallest absolute Gasteiger partial charge is 0.326 e. The van der Waals surface area contributed by atoms with Gasteiger partial charge in [-0.05, 0) is 17.7 Å². The van der Waals surface area contributed by atoms with E-state index in [0.29, 0.717) is 12.2 Å². The third kappa shape index (κ3) is 4.88. The van der Waals surface area contributed by atoms with Crippen LogP contribution in [0.5, 0.6) is 0 Å². The molecular formula is C14H19F3N4O. The van der Waals surface area contributed by atoms with E-state index in [1.807, 2.05) is 12.1 Å². The number of halogens is 3.